The zero-order chi connectivity index (χ0) is 14.9. The van der Waals surface area contributed by atoms with E-state index in [4.69, 9.17) is 5.73 Å². The van der Waals surface area contributed by atoms with Crippen LogP contribution >= 0.6 is 0 Å². The lowest BCUT2D eigenvalue weighted by Crippen LogP contribution is -2.27. The summed E-state index contributed by atoms with van der Waals surface area (Å²) in [5.41, 5.74) is 9.24. The molecule has 1 aliphatic rings. The number of aryl methyl sites for hydroxylation is 1. The summed E-state index contributed by atoms with van der Waals surface area (Å²) in [6.45, 7) is 5.26. The van der Waals surface area contributed by atoms with Crippen LogP contribution in [0.2, 0.25) is 0 Å². The van der Waals surface area contributed by atoms with Gasteiger partial charge >= 0.3 is 0 Å². The Bertz CT molecular complexity index is 605. The van der Waals surface area contributed by atoms with E-state index in [1.165, 1.54) is 32.1 Å². The maximum absolute atomic E-state index is 6.14. The first-order chi connectivity index (χ1) is 10.1. The van der Waals surface area contributed by atoms with Gasteiger partial charge < -0.3 is 5.73 Å². The van der Waals surface area contributed by atoms with E-state index in [1.54, 1.807) is 0 Å². The van der Waals surface area contributed by atoms with E-state index in [0.717, 1.165) is 29.2 Å². The van der Waals surface area contributed by atoms with Crippen molar-refractivity contribution in [3.8, 4) is 11.4 Å². The van der Waals surface area contributed by atoms with Crippen molar-refractivity contribution in [3.05, 3.63) is 23.8 Å². The van der Waals surface area contributed by atoms with Gasteiger partial charge in [-0.15, -0.1) is 5.10 Å². The quantitative estimate of drug-likeness (QED) is 0.879. The first kappa shape index (κ1) is 14.0. The van der Waals surface area contributed by atoms with Crippen molar-refractivity contribution in [2.45, 2.75) is 52.5 Å². The summed E-state index contributed by atoms with van der Waals surface area (Å²) in [6.07, 6.45) is 6.45. The lowest BCUT2D eigenvalue weighted by Gasteiger charge is -2.33. The standard InChI is InChI=1S/C16H23N5/c1-12-7-6-8-13(17)14(12)15-18-19-20-21(15)11-16(2)9-4-3-5-10-16/h6-8H,3-5,9-11,17H2,1-2H3. The molecule has 5 heteroatoms. The number of nitrogen functional groups attached to an aromatic ring is 1. The fourth-order valence-electron chi connectivity index (χ4n) is 3.41. The second-order valence-electron chi connectivity index (χ2n) is 6.57. The van der Waals surface area contributed by atoms with Gasteiger partial charge in [-0.25, -0.2) is 4.68 Å². The SMILES string of the molecule is Cc1cccc(N)c1-c1nnnn1CC1(C)CCCCC1. The van der Waals surface area contributed by atoms with E-state index in [1.807, 2.05) is 29.8 Å². The summed E-state index contributed by atoms with van der Waals surface area (Å²) < 4.78 is 1.93. The fraction of sp³-hybridized carbons (Fsp3) is 0.562. The van der Waals surface area contributed by atoms with Crippen molar-refractivity contribution in [3.63, 3.8) is 0 Å². The Labute approximate surface area is 125 Å². The van der Waals surface area contributed by atoms with Crippen LogP contribution in [0.3, 0.4) is 0 Å². The van der Waals surface area contributed by atoms with Crippen LogP contribution in [-0.2, 0) is 6.54 Å². The normalized spacial score (nSPS) is 17.8. The number of hydrogen-bond donors (Lipinski definition) is 1. The van der Waals surface area contributed by atoms with Gasteiger partial charge in [-0.3, -0.25) is 0 Å². The molecule has 112 valence electrons. The molecule has 1 aromatic heterocycles. The van der Waals surface area contributed by atoms with E-state index >= 15 is 0 Å². The number of benzene rings is 1. The van der Waals surface area contributed by atoms with Gasteiger partial charge in [-0.1, -0.05) is 38.3 Å². The lowest BCUT2D eigenvalue weighted by molar-refractivity contribution is 0.175. The maximum Gasteiger partial charge on any atom is 0.184 e. The molecule has 1 heterocycles. The third-order valence-corrected chi connectivity index (χ3v) is 4.65. The van der Waals surface area contributed by atoms with E-state index in [2.05, 4.69) is 22.4 Å². The molecule has 0 spiro atoms. The third kappa shape index (κ3) is 2.77. The second kappa shape index (κ2) is 5.47. The van der Waals surface area contributed by atoms with Crippen LogP contribution in [0, 0.1) is 12.3 Å². The minimum Gasteiger partial charge on any atom is -0.398 e. The molecule has 0 radical (unpaired) electrons. The van der Waals surface area contributed by atoms with E-state index in [9.17, 15) is 0 Å². The molecule has 2 N–H and O–H groups in total. The summed E-state index contributed by atoms with van der Waals surface area (Å²) >= 11 is 0. The van der Waals surface area contributed by atoms with Crippen molar-refractivity contribution in [1.29, 1.82) is 0 Å². The highest BCUT2D eigenvalue weighted by molar-refractivity contribution is 5.74. The third-order valence-electron chi connectivity index (χ3n) is 4.65. The van der Waals surface area contributed by atoms with Crippen molar-refractivity contribution in [2.24, 2.45) is 5.41 Å². The highest BCUT2D eigenvalue weighted by Gasteiger charge is 2.29. The van der Waals surface area contributed by atoms with E-state index < -0.39 is 0 Å². The van der Waals surface area contributed by atoms with Crippen molar-refractivity contribution < 1.29 is 0 Å². The van der Waals surface area contributed by atoms with E-state index in [-0.39, 0.29) is 0 Å². The lowest BCUT2D eigenvalue weighted by atomic mass is 9.76. The molecule has 0 atom stereocenters. The molecule has 1 aromatic carbocycles. The van der Waals surface area contributed by atoms with Gasteiger partial charge in [-0.05, 0) is 47.2 Å². The van der Waals surface area contributed by atoms with Gasteiger partial charge in [0.15, 0.2) is 5.82 Å². The van der Waals surface area contributed by atoms with Gasteiger partial charge in [-0.2, -0.15) is 0 Å². The average Bonchev–Trinajstić information content (AvgIpc) is 2.87. The largest absolute Gasteiger partial charge is 0.398 e. The minimum atomic E-state index is 0.291. The first-order valence-corrected chi connectivity index (χ1v) is 7.71. The highest BCUT2D eigenvalue weighted by atomic mass is 15.5. The molecule has 2 aromatic rings. The molecule has 0 saturated heterocycles. The monoisotopic (exact) mass is 285 g/mol. The smallest absolute Gasteiger partial charge is 0.184 e. The van der Waals surface area contributed by atoms with Gasteiger partial charge in [0, 0.05) is 11.3 Å². The Balaban J connectivity index is 1.94. The van der Waals surface area contributed by atoms with Gasteiger partial charge in [0.2, 0.25) is 0 Å². The Morgan fingerprint density at radius 3 is 2.71 bits per heavy atom. The Hall–Kier alpha value is -1.91. The average molecular weight is 285 g/mol. The molecule has 1 aliphatic carbocycles. The molecule has 5 nitrogen and oxygen atoms in total. The van der Waals surface area contributed by atoms with Crippen LogP contribution in [0.4, 0.5) is 5.69 Å². The van der Waals surface area contributed by atoms with Crippen LogP contribution in [0.25, 0.3) is 11.4 Å². The zero-order valence-corrected chi connectivity index (χ0v) is 12.8. The number of rotatable bonds is 3. The van der Waals surface area contributed by atoms with Crippen LogP contribution in [0.15, 0.2) is 18.2 Å². The Morgan fingerprint density at radius 2 is 2.00 bits per heavy atom. The highest BCUT2D eigenvalue weighted by Crippen LogP contribution is 2.38. The van der Waals surface area contributed by atoms with Gasteiger partial charge in [0.05, 0.1) is 6.54 Å². The number of nitrogens with two attached hydrogens (primary N) is 1. The molecular formula is C16H23N5. The van der Waals surface area contributed by atoms with Crippen LogP contribution in [-0.4, -0.2) is 20.2 Å². The molecule has 0 amide bonds. The molecular weight excluding hydrogens is 262 g/mol. The second-order valence-corrected chi connectivity index (χ2v) is 6.57. The van der Waals surface area contributed by atoms with Crippen LogP contribution < -0.4 is 5.73 Å². The van der Waals surface area contributed by atoms with Crippen LogP contribution in [0.1, 0.15) is 44.6 Å². The summed E-state index contributed by atoms with van der Waals surface area (Å²) in [5, 5.41) is 12.3. The van der Waals surface area contributed by atoms with E-state index in [0.29, 0.717) is 5.41 Å². The molecule has 21 heavy (non-hydrogen) atoms. The van der Waals surface area contributed by atoms with Crippen molar-refractivity contribution in [2.75, 3.05) is 5.73 Å². The first-order valence-electron chi connectivity index (χ1n) is 7.71. The molecule has 3 rings (SSSR count). The predicted molar refractivity (Wildman–Crippen MR) is 83.6 cm³/mol. The zero-order valence-electron chi connectivity index (χ0n) is 12.8. The van der Waals surface area contributed by atoms with Gasteiger partial charge in [0.1, 0.15) is 0 Å². The van der Waals surface area contributed by atoms with Crippen molar-refractivity contribution >= 4 is 5.69 Å². The maximum atomic E-state index is 6.14. The van der Waals surface area contributed by atoms with Crippen LogP contribution in [0.5, 0.6) is 0 Å². The summed E-state index contributed by atoms with van der Waals surface area (Å²) in [4.78, 5) is 0. The minimum absolute atomic E-state index is 0.291. The number of nitrogens with zero attached hydrogens (tertiary/aromatic N) is 4. The molecule has 0 unspecified atom stereocenters. The number of anilines is 1. The fourth-order valence-corrected chi connectivity index (χ4v) is 3.41. The molecule has 1 fully saturated rings. The van der Waals surface area contributed by atoms with Crippen molar-refractivity contribution in [1.82, 2.24) is 20.2 Å². The molecule has 1 saturated carbocycles. The molecule has 0 bridgehead atoms. The summed E-state index contributed by atoms with van der Waals surface area (Å²) in [5.74, 6) is 0.789. The Morgan fingerprint density at radius 1 is 1.24 bits per heavy atom. The summed E-state index contributed by atoms with van der Waals surface area (Å²) in [6, 6.07) is 5.92. The Kier molecular flexibility index (Phi) is 3.66. The number of aromatic nitrogens is 4. The number of tetrazole rings is 1. The summed E-state index contributed by atoms with van der Waals surface area (Å²) in [7, 11) is 0. The van der Waals surface area contributed by atoms with Gasteiger partial charge in [0.25, 0.3) is 0 Å². The molecule has 0 aliphatic heterocycles. The predicted octanol–water partition coefficient (Wildman–Crippen LogP) is 3.20. The number of hydrogen-bond acceptors (Lipinski definition) is 4. The topological polar surface area (TPSA) is 69.6 Å².